The Bertz CT molecular complexity index is 1370. The van der Waals surface area contributed by atoms with Crippen LogP contribution < -0.4 is 19.9 Å². The van der Waals surface area contributed by atoms with E-state index in [1.807, 2.05) is 19.9 Å². The molecule has 11 heteroatoms. The highest BCUT2D eigenvalue weighted by molar-refractivity contribution is 7.92. The highest BCUT2D eigenvalue weighted by Gasteiger charge is 2.15. The fraction of sp³-hybridized carbons (Fsp3) is 0.174. The standard InChI is InChI=1S/C23H25N3O6S2/c1-16-11-17(2)13-19(12-16)26-34(30,31)22-9-5-20(6-10-22)32-15-23(27)25-14-18-3-7-21(8-4-18)33(24,28)29/h3-13,26H,14-15H2,1-2H3,(H,25,27)(H2,24,28,29). The molecule has 0 heterocycles. The average molecular weight is 504 g/mol. The van der Waals surface area contributed by atoms with E-state index in [1.54, 1.807) is 24.3 Å². The zero-order valence-corrected chi connectivity index (χ0v) is 20.2. The Hall–Kier alpha value is -3.41. The number of aryl methyl sites for hydroxylation is 2. The van der Waals surface area contributed by atoms with Gasteiger partial charge in [-0.15, -0.1) is 0 Å². The Labute approximate surface area is 199 Å². The number of nitrogens with two attached hydrogens (primary N) is 1. The minimum Gasteiger partial charge on any atom is -0.484 e. The predicted molar refractivity (Wildman–Crippen MR) is 128 cm³/mol. The topological polar surface area (TPSA) is 145 Å². The Balaban J connectivity index is 1.52. The third-order valence-electron chi connectivity index (χ3n) is 4.72. The number of ether oxygens (including phenoxy) is 1. The van der Waals surface area contributed by atoms with Crippen molar-refractivity contribution in [3.63, 3.8) is 0 Å². The van der Waals surface area contributed by atoms with E-state index in [1.165, 1.54) is 36.4 Å². The maximum Gasteiger partial charge on any atom is 0.261 e. The molecular weight excluding hydrogens is 478 g/mol. The number of hydrogen-bond donors (Lipinski definition) is 3. The lowest BCUT2D eigenvalue weighted by molar-refractivity contribution is -0.123. The number of primary sulfonamides is 1. The summed E-state index contributed by atoms with van der Waals surface area (Å²) in [4.78, 5) is 12.1. The third kappa shape index (κ3) is 7.04. The van der Waals surface area contributed by atoms with Gasteiger partial charge in [-0.2, -0.15) is 0 Å². The largest absolute Gasteiger partial charge is 0.484 e. The van der Waals surface area contributed by atoms with Gasteiger partial charge in [-0.1, -0.05) is 18.2 Å². The average Bonchev–Trinajstić information content (AvgIpc) is 2.75. The van der Waals surface area contributed by atoms with E-state index in [2.05, 4.69) is 10.0 Å². The molecule has 0 atom stereocenters. The first-order valence-electron chi connectivity index (χ1n) is 10.1. The highest BCUT2D eigenvalue weighted by atomic mass is 32.2. The van der Waals surface area contributed by atoms with Crippen LogP contribution in [0.25, 0.3) is 0 Å². The van der Waals surface area contributed by atoms with Crippen molar-refractivity contribution in [2.75, 3.05) is 11.3 Å². The molecule has 4 N–H and O–H groups in total. The molecule has 3 rings (SSSR count). The minimum absolute atomic E-state index is 0.0134. The Morgan fingerprint density at radius 3 is 1.97 bits per heavy atom. The lowest BCUT2D eigenvalue weighted by Crippen LogP contribution is -2.28. The van der Waals surface area contributed by atoms with Gasteiger partial charge >= 0.3 is 0 Å². The monoisotopic (exact) mass is 503 g/mol. The van der Waals surface area contributed by atoms with Crippen LogP contribution in [0, 0.1) is 13.8 Å². The first-order chi connectivity index (χ1) is 15.9. The molecule has 0 aliphatic heterocycles. The molecule has 0 aliphatic carbocycles. The summed E-state index contributed by atoms with van der Waals surface area (Å²) in [7, 11) is -7.55. The van der Waals surface area contributed by atoms with Crippen LogP contribution in [0.3, 0.4) is 0 Å². The summed E-state index contributed by atoms with van der Waals surface area (Å²) in [6.07, 6.45) is 0. The summed E-state index contributed by atoms with van der Waals surface area (Å²) < 4.78 is 55.8. The summed E-state index contributed by atoms with van der Waals surface area (Å²) in [5.41, 5.74) is 3.06. The number of nitrogens with one attached hydrogen (secondary N) is 2. The summed E-state index contributed by atoms with van der Waals surface area (Å²) in [6.45, 7) is 3.67. The van der Waals surface area contributed by atoms with Crippen LogP contribution in [-0.4, -0.2) is 29.3 Å². The third-order valence-corrected chi connectivity index (χ3v) is 7.05. The van der Waals surface area contributed by atoms with E-state index in [-0.39, 0.29) is 22.9 Å². The molecule has 0 bridgehead atoms. The summed E-state index contributed by atoms with van der Waals surface area (Å²) in [5, 5.41) is 7.70. The van der Waals surface area contributed by atoms with Crippen LogP contribution in [0.15, 0.2) is 76.5 Å². The van der Waals surface area contributed by atoms with Crippen LogP contribution >= 0.6 is 0 Å². The highest BCUT2D eigenvalue weighted by Crippen LogP contribution is 2.21. The van der Waals surface area contributed by atoms with Crippen LogP contribution in [0.1, 0.15) is 16.7 Å². The van der Waals surface area contributed by atoms with Crippen molar-refractivity contribution in [2.45, 2.75) is 30.2 Å². The van der Waals surface area contributed by atoms with Crippen molar-refractivity contribution in [1.82, 2.24) is 5.32 Å². The quantitative estimate of drug-likeness (QED) is 0.409. The van der Waals surface area contributed by atoms with Crippen LogP contribution in [0.2, 0.25) is 0 Å². The van der Waals surface area contributed by atoms with Gasteiger partial charge in [0.05, 0.1) is 9.79 Å². The Kier molecular flexibility index (Phi) is 7.60. The van der Waals surface area contributed by atoms with Gasteiger partial charge in [0.25, 0.3) is 15.9 Å². The van der Waals surface area contributed by atoms with Crippen molar-refractivity contribution >= 4 is 31.6 Å². The van der Waals surface area contributed by atoms with E-state index in [0.29, 0.717) is 17.0 Å². The van der Waals surface area contributed by atoms with E-state index >= 15 is 0 Å². The molecule has 3 aromatic carbocycles. The van der Waals surface area contributed by atoms with E-state index in [0.717, 1.165) is 11.1 Å². The van der Waals surface area contributed by atoms with E-state index < -0.39 is 26.0 Å². The predicted octanol–water partition coefficient (Wildman–Crippen LogP) is 2.45. The van der Waals surface area contributed by atoms with Crippen molar-refractivity contribution in [3.05, 3.63) is 83.4 Å². The molecule has 0 aliphatic rings. The number of hydrogen-bond acceptors (Lipinski definition) is 6. The number of amides is 1. The lowest BCUT2D eigenvalue weighted by Gasteiger charge is -2.11. The van der Waals surface area contributed by atoms with Crippen LogP contribution in [0.4, 0.5) is 5.69 Å². The molecule has 180 valence electrons. The first-order valence-corrected chi connectivity index (χ1v) is 13.2. The second-order valence-electron chi connectivity index (χ2n) is 7.71. The molecule has 34 heavy (non-hydrogen) atoms. The van der Waals surface area contributed by atoms with Crippen molar-refractivity contribution in [2.24, 2.45) is 5.14 Å². The Morgan fingerprint density at radius 1 is 0.853 bits per heavy atom. The van der Waals surface area contributed by atoms with E-state index in [9.17, 15) is 21.6 Å². The molecule has 0 radical (unpaired) electrons. The maximum absolute atomic E-state index is 12.6. The van der Waals surface area contributed by atoms with Gasteiger partial charge in [0.2, 0.25) is 10.0 Å². The summed E-state index contributed by atoms with van der Waals surface area (Å²) in [6, 6.07) is 17.0. The molecule has 0 spiro atoms. The molecule has 0 saturated heterocycles. The number of carbonyl (C=O) groups is 1. The smallest absolute Gasteiger partial charge is 0.261 e. The van der Waals surface area contributed by atoms with Gasteiger partial charge in [-0.25, -0.2) is 22.0 Å². The molecule has 1 amide bonds. The molecule has 3 aromatic rings. The van der Waals surface area contributed by atoms with Gasteiger partial charge in [-0.3, -0.25) is 9.52 Å². The molecule has 0 saturated carbocycles. The van der Waals surface area contributed by atoms with Crippen molar-refractivity contribution < 1.29 is 26.4 Å². The number of sulfonamides is 2. The SMILES string of the molecule is Cc1cc(C)cc(NS(=O)(=O)c2ccc(OCC(=O)NCc3ccc(S(N)(=O)=O)cc3)cc2)c1. The lowest BCUT2D eigenvalue weighted by atomic mass is 10.1. The van der Waals surface area contributed by atoms with Gasteiger partial charge in [0, 0.05) is 12.2 Å². The number of benzene rings is 3. The number of carbonyl (C=O) groups excluding carboxylic acids is 1. The van der Waals surface area contributed by atoms with E-state index in [4.69, 9.17) is 9.88 Å². The van der Waals surface area contributed by atoms with Gasteiger partial charge in [0.15, 0.2) is 6.61 Å². The second kappa shape index (κ2) is 10.2. The zero-order chi connectivity index (χ0) is 24.9. The first kappa shape index (κ1) is 25.2. The molecule has 0 aromatic heterocycles. The molecule has 0 unspecified atom stereocenters. The molecular formula is C23H25N3O6S2. The normalized spacial score (nSPS) is 11.6. The van der Waals surface area contributed by atoms with Gasteiger partial charge in [0.1, 0.15) is 5.75 Å². The van der Waals surface area contributed by atoms with Gasteiger partial charge < -0.3 is 10.1 Å². The summed E-state index contributed by atoms with van der Waals surface area (Å²) >= 11 is 0. The van der Waals surface area contributed by atoms with Crippen molar-refractivity contribution in [3.8, 4) is 5.75 Å². The van der Waals surface area contributed by atoms with Gasteiger partial charge in [-0.05, 0) is 79.1 Å². The van der Waals surface area contributed by atoms with Crippen molar-refractivity contribution in [1.29, 1.82) is 0 Å². The van der Waals surface area contributed by atoms with Crippen LogP contribution in [-0.2, 0) is 31.4 Å². The fourth-order valence-electron chi connectivity index (χ4n) is 3.16. The van der Waals surface area contributed by atoms with Crippen LogP contribution in [0.5, 0.6) is 5.75 Å². The Morgan fingerprint density at radius 2 is 1.41 bits per heavy atom. The molecule has 9 nitrogen and oxygen atoms in total. The summed E-state index contributed by atoms with van der Waals surface area (Å²) in [5.74, 6) is -0.0679. The zero-order valence-electron chi connectivity index (χ0n) is 18.6. The minimum atomic E-state index is -3.78. The number of anilines is 1. The maximum atomic E-state index is 12.6. The second-order valence-corrected chi connectivity index (χ2v) is 11.0. The molecule has 0 fully saturated rings. The number of rotatable bonds is 9. The fourth-order valence-corrected chi connectivity index (χ4v) is 4.72.